The molecule has 0 heterocycles. The Balaban J connectivity index is -0.000000853. The molecule has 0 aromatic heterocycles. The van der Waals surface area contributed by atoms with Crippen molar-refractivity contribution >= 4 is 17.9 Å². The molecule has 0 aliphatic carbocycles. The Morgan fingerprint density at radius 3 is 1.53 bits per heavy atom. The van der Waals surface area contributed by atoms with Gasteiger partial charge in [-0.05, 0) is 12.5 Å². The molecule has 9 heteroatoms. The molecule has 0 atom stereocenters. The van der Waals surface area contributed by atoms with Crippen LogP contribution in [0.5, 0.6) is 0 Å². The third-order valence-corrected chi connectivity index (χ3v) is 2.04. The van der Waals surface area contributed by atoms with Crippen LogP contribution in [0.15, 0.2) is 12.1 Å². The molecule has 0 fully saturated rings. The van der Waals surface area contributed by atoms with Crippen LogP contribution in [0.1, 0.15) is 36.6 Å². The number of benzene rings is 1. The van der Waals surface area contributed by atoms with E-state index in [9.17, 15) is 29.7 Å². The summed E-state index contributed by atoms with van der Waals surface area (Å²) in [5.41, 5.74) is -2.31. The van der Waals surface area contributed by atoms with Gasteiger partial charge >= 0.3 is 88.7 Å². The fourth-order valence-corrected chi connectivity index (χ4v) is 1.35. The summed E-state index contributed by atoms with van der Waals surface area (Å²) in [6.07, 6.45) is 0. The van der Waals surface area contributed by atoms with Crippen LogP contribution in [-0.4, -0.2) is 17.9 Å². The largest absolute Gasteiger partial charge is 1.00 e. The van der Waals surface area contributed by atoms with E-state index in [1.165, 1.54) is 6.92 Å². The summed E-state index contributed by atoms with van der Waals surface area (Å²) >= 11 is 0. The first-order valence-corrected chi connectivity index (χ1v) is 4.14. The van der Waals surface area contributed by atoms with Gasteiger partial charge in [-0.1, -0.05) is 12.1 Å². The van der Waals surface area contributed by atoms with E-state index in [0.29, 0.717) is 0 Å². The topological polar surface area (TPSA) is 120 Å². The van der Waals surface area contributed by atoms with E-state index in [2.05, 4.69) is 0 Å². The quantitative estimate of drug-likeness (QED) is 0.510. The third kappa shape index (κ3) is 5.87. The van der Waals surface area contributed by atoms with E-state index in [1.807, 2.05) is 0 Å². The Morgan fingerprint density at radius 2 is 1.21 bits per heavy atom. The summed E-state index contributed by atoms with van der Waals surface area (Å²) in [6, 6.07) is 2.10. The van der Waals surface area contributed by atoms with E-state index in [-0.39, 0.29) is 94.2 Å². The van der Waals surface area contributed by atoms with Crippen LogP contribution < -0.4 is 104 Å². The van der Waals surface area contributed by atoms with Gasteiger partial charge in [0.15, 0.2) is 0 Å². The van der Waals surface area contributed by atoms with E-state index < -0.39 is 34.6 Å². The number of carbonyl (C=O) groups excluding carboxylic acids is 3. The monoisotopic (exact) mass is 290 g/mol. The van der Waals surface area contributed by atoms with E-state index in [4.69, 9.17) is 0 Å². The minimum absolute atomic E-state index is 0. The summed E-state index contributed by atoms with van der Waals surface area (Å²) in [4.78, 5) is 32.0. The average Bonchev–Trinajstić information content (AvgIpc) is 2.15. The second-order valence-corrected chi connectivity index (χ2v) is 3.04. The van der Waals surface area contributed by atoms with Crippen LogP contribution in [0.4, 0.5) is 0 Å². The molecule has 0 aliphatic rings. The molecule has 19 heavy (non-hydrogen) atoms. The fourth-order valence-electron chi connectivity index (χ4n) is 1.35. The first-order chi connectivity index (χ1) is 7.36. The minimum atomic E-state index is -1.90. The van der Waals surface area contributed by atoms with Crippen molar-refractivity contribution in [2.45, 2.75) is 6.92 Å². The normalized spacial score (nSPS) is 8.26. The van der Waals surface area contributed by atoms with Crippen molar-refractivity contribution < 1.29 is 118 Å². The zero-order valence-electron chi connectivity index (χ0n) is 11.1. The van der Waals surface area contributed by atoms with Gasteiger partial charge in [0.1, 0.15) is 0 Å². The number of hydrogen-bond donors (Lipinski definition) is 0. The van der Waals surface area contributed by atoms with Crippen molar-refractivity contribution in [2.24, 2.45) is 0 Å². The van der Waals surface area contributed by atoms with Gasteiger partial charge in [0.2, 0.25) is 0 Å². The molecule has 0 radical (unpaired) electrons. The Kier molecular flexibility index (Phi) is 13.4. The number of aryl methyl sites for hydroxylation is 1. The summed E-state index contributed by atoms with van der Waals surface area (Å²) < 4.78 is 0. The van der Waals surface area contributed by atoms with Gasteiger partial charge in [0.05, 0.1) is 17.9 Å². The number of hydrogen-bond acceptors (Lipinski definition) is 6. The second kappa shape index (κ2) is 10.4. The van der Waals surface area contributed by atoms with Crippen molar-refractivity contribution in [2.75, 3.05) is 0 Å². The number of carbonyl (C=O) groups is 3. The molecule has 0 N–H and O–H groups in total. The van der Waals surface area contributed by atoms with Gasteiger partial charge in [-0.2, -0.15) is 0 Å². The molecule has 84 valence electrons. The summed E-state index contributed by atoms with van der Waals surface area (Å²) in [6.45, 7) is 1.32. The fraction of sp³-hybridized carbons (Fsp3) is 0.100. The van der Waals surface area contributed by atoms with Crippen molar-refractivity contribution in [1.29, 1.82) is 0 Å². The SMILES string of the molecule is Cc1ccc(C(=O)[O-])c(C(=O)[O-])c1C(=O)[O-].[Na+].[Na+].[Na+]. The molecule has 0 aliphatic heterocycles. The van der Waals surface area contributed by atoms with Crippen LogP contribution in [0.2, 0.25) is 0 Å². The van der Waals surface area contributed by atoms with Crippen molar-refractivity contribution in [3.05, 3.63) is 34.4 Å². The Labute approximate surface area is 175 Å². The Morgan fingerprint density at radius 1 is 0.789 bits per heavy atom. The molecule has 0 bridgehead atoms. The van der Waals surface area contributed by atoms with Gasteiger partial charge < -0.3 is 29.7 Å². The maximum absolute atomic E-state index is 10.7. The molecule has 0 unspecified atom stereocenters. The second-order valence-electron chi connectivity index (χ2n) is 3.04. The molecular formula is C10H5Na3O6. The van der Waals surface area contributed by atoms with Crippen molar-refractivity contribution in [3.63, 3.8) is 0 Å². The first kappa shape index (κ1) is 24.6. The molecule has 0 saturated carbocycles. The molecular weight excluding hydrogens is 285 g/mol. The van der Waals surface area contributed by atoms with Gasteiger partial charge in [0.25, 0.3) is 0 Å². The standard InChI is InChI=1S/C10H8O6.3Na/c1-4-2-3-5(8(11)12)7(10(15)16)6(4)9(13)14;;;/h2-3H,1H3,(H,11,12)(H,13,14)(H,15,16);;;/q;3*+1/p-3. The zero-order chi connectivity index (χ0) is 12.5. The third-order valence-electron chi connectivity index (χ3n) is 2.04. The smallest absolute Gasteiger partial charge is 0.545 e. The van der Waals surface area contributed by atoms with Gasteiger partial charge in [-0.25, -0.2) is 0 Å². The molecule has 1 aromatic rings. The maximum Gasteiger partial charge on any atom is 1.00 e. The zero-order valence-corrected chi connectivity index (χ0v) is 17.1. The number of carboxylic acid groups (broad SMARTS) is 3. The molecule has 0 spiro atoms. The number of carboxylic acids is 3. The van der Waals surface area contributed by atoms with Crippen molar-refractivity contribution in [1.82, 2.24) is 0 Å². The Hall–Kier alpha value is 0.630. The molecule has 0 amide bonds. The van der Waals surface area contributed by atoms with E-state index in [0.717, 1.165) is 12.1 Å². The summed E-state index contributed by atoms with van der Waals surface area (Å²) in [7, 11) is 0. The van der Waals surface area contributed by atoms with Gasteiger partial charge in [0, 0.05) is 16.7 Å². The molecule has 0 saturated heterocycles. The molecule has 6 nitrogen and oxygen atoms in total. The summed E-state index contributed by atoms with van der Waals surface area (Å²) in [5.74, 6) is -5.47. The molecule has 1 rings (SSSR count). The Bertz CT molecular complexity index is 500. The van der Waals surface area contributed by atoms with Crippen molar-refractivity contribution in [3.8, 4) is 0 Å². The van der Waals surface area contributed by atoms with Crippen LogP contribution in [0, 0.1) is 6.92 Å². The minimum Gasteiger partial charge on any atom is -0.545 e. The van der Waals surface area contributed by atoms with E-state index >= 15 is 0 Å². The maximum atomic E-state index is 10.7. The first-order valence-electron chi connectivity index (χ1n) is 4.14. The van der Waals surface area contributed by atoms with Crippen LogP contribution in [0.25, 0.3) is 0 Å². The van der Waals surface area contributed by atoms with Crippen LogP contribution >= 0.6 is 0 Å². The number of rotatable bonds is 3. The van der Waals surface area contributed by atoms with Gasteiger partial charge in [-0.15, -0.1) is 0 Å². The van der Waals surface area contributed by atoms with E-state index in [1.54, 1.807) is 0 Å². The van der Waals surface area contributed by atoms with Gasteiger partial charge in [-0.3, -0.25) is 0 Å². The average molecular weight is 290 g/mol. The van der Waals surface area contributed by atoms with Crippen LogP contribution in [-0.2, 0) is 0 Å². The predicted octanol–water partition coefficient (Wildman–Crippen LogP) is -11.9. The summed E-state index contributed by atoms with van der Waals surface area (Å²) in [5, 5.41) is 32.0. The molecule has 1 aromatic carbocycles. The number of aromatic carboxylic acids is 3. The van der Waals surface area contributed by atoms with Crippen LogP contribution in [0.3, 0.4) is 0 Å². The predicted molar refractivity (Wildman–Crippen MR) is 44.2 cm³/mol.